The number of likely N-dealkylation sites (N-methyl/N-ethyl adjacent to an activating group) is 1. The molecule has 2 aliphatic rings. The van der Waals surface area contributed by atoms with Crippen LogP contribution in [-0.2, 0) is 11.3 Å². The monoisotopic (exact) mass is 540 g/mol. The summed E-state index contributed by atoms with van der Waals surface area (Å²) in [6.45, 7) is 7.34. The zero-order chi connectivity index (χ0) is 27.3. The number of imidazole rings is 1. The van der Waals surface area contributed by atoms with Crippen molar-refractivity contribution >= 4 is 28.6 Å². The van der Waals surface area contributed by atoms with Crippen LogP contribution >= 0.6 is 0 Å². The van der Waals surface area contributed by atoms with Crippen LogP contribution in [0.1, 0.15) is 12.8 Å². The zero-order valence-electron chi connectivity index (χ0n) is 23.0. The Labute approximate surface area is 234 Å². The lowest BCUT2D eigenvalue weighted by Gasteiger charge is -2.34. The number of nitrogens with one attached hydrogen (secondary N) is 1. The van der Waals surface area contributed by atoms with E-state index in [-0.39, 0.29) is 5.91 Å². The van der Waals surface area contributed by atoms with Crippen LogP contribution in [-0.4, -0.2) is 94.7 Å². The molecular formula is C30H36N8O2. The Hall–Kier alpha value is -4.18. The van der Waals surface area contributed by atoms with Crippen LogP contribution in [0.5, 0.6) is 5.75 Å². The molecular weight excluding hydrogens is 504 g/mol. The summed E-state index contributed by atoms with van der Waals surface area (Å²) < 4.78 is 7.89. The number of ether oxygens (including phenoxy) is 1. The number of fused-ring (bicyclic) bond motifs is 1. The molecule has 0 radical (unpaired) electrons. The fourth-order valence-electron chi connectivity index (χ4n) is 5.27. The van der Waals surface area contributed by atoms with E-state index in [1.807, 2.05) is 39.8 Å². The quantitative estimate of drug-likeness (QED) is 0.306. The summed E-state index contributed by atoms with van der Waals surface area (Å²) in [4.78, 5) is 33.3. The molecule has 2 aromatic carbocycles. The Morgan fingerprint density at radius 2 is 1.73 bits per heavy atom. The summed E-state index contributed by atoms with van der Waals surface area (Å²) in [5.41, 5.74) is 3.64. The number of para-hydroxylation sites is 1. The SMILES string of the molecule is CN1CCN(c2ccc(-c3nc(NCCOc4ccccc4)c4ncn(CCN5CCCC5=O)c4n3)cc2)CC1. The first-order chi connectivity index (χ1) is 19.6. The number of nitrogens with zero attached hydrogens (tertiary/aromatic N) is 7. The van der Waals surface area contributed by atoms with Gasteiger partial charge in [0.1, 0.15) is 17.9 Å². The Morgan fingerprint density at radius 3 is 2.48 bits per heavy atom. The first-order valence-corrected chi connectivity index (χ1v) is 14.1. The number of hydrogen-bond acceptors (Lipinski definition) is 8. The van der Waals surface area contributed by atoms with E-state index in [2.05, 4.69) is 51.4 Å². The molecule has 0 saturated carbocycles. The molecule has 4 aromatic rings. The molecule has 4 heterocycles. The van der Waals surface area contributed by atoms with Gasteiger partial charge in [-0.25, -0.2) is 15.0 Å². The van der Waals surface area contributed by atoms with E-state index in [1.54, 1.807) is 6.33 Å². The minimum absolute atomic E-state index is 0.223. The molecule has 2 aliphatic heterocycles. The molecule has 40 heavy (non-hydrogen) atoms. The van der Waals surface area contributed by atoms with E-state index in [1.165, 1.54) is 5.69 Å². The molecule has 0 atom stereocenters. The van der Waals surface area contributed by atoms with Crippen molar-refractivity contribution in [3.63, 3.8) is 0 Å². The summed E-state index contributed by atoms with van der Waals surface area (Å²) in [5.74, 6) is 2.37. The van der Waals surface area contributed by atoms with Crippen LogP contribution in [0.15, 0.2) is 60.9 Å². The number of carbonyl (C=O) groups is 1. The van der Waals surface area contributed by atoms with Crippen molar-refractivity contribution in [1.82, 2.24) is 29.3 Å². The molecule has 10 heteroatoms. The largest absolute Gasteiger partial charge is 0.492 e. The summed E-state index contributed by atoms with van der Waals surface area (Å²) in [7, 11) is 2.17. The van der Waals surface area contributed by atoms with Crippen molar-refractivity contribution in [2.75, 3.05) is 69.7 Å². The van der Waals surface area contributed by atoms with E-state index in [0.717, 1.165) is 56.1 Å². The van der Waals surface area contributed by atoms with Crippen molar-refractivity contribution in [3.05, 3.63) is 60.9 Å². The van der Waals surface area contributed by atoms with Gasteiger partial charge in [-0.05, 0) is 49.9 Å². The Bertz CT molecular complexity index is 1430. The van der Waals surface area contributed by atoms with Crippen LogP contribution in [0.4, 0.5) is 11.5 Å². The summed E-state index contributed by atoms with van der Waals surface area (Å²) >= 11 is 0. The van der Waals surface area contributed by atoms with Gasteiger partial charge in [-0.15, -0.1) is 0 Å². The average Bonchev–Trinajstić information content (AvgIpc) is 3.60. The molecule has 1 N–H and O–H groups in total. The molecule has 208 valence electrons. The third kappa shape index (κ3) is 5.86. The molecule has 0 unspecified atom stereocenters. The van der Waals surface area contributed by atoms with Gasteiger partial charge in [0, 0.05) is 63.5 Å². The second kappa shape index (κ2) is 11.9. The van der Waals surface area contributed by atoms with Crippen LogP contribution < -0.4 is 15.0 Å². The number of likely N-dealkylation sites (tertiary alicyclic amines) is 1. The first kappa shape index (κ1) is 26.1. The van der Waals surface area contributed by atoms with E-state index in [9.17, 15) is 4.79 Å². The molecule has 2 aromatic heterocycles. The highest BCUT2D eigenvalue weighted by Crippen LogP contribution is 2.27. The van der Waals surface area contributed by atoms with Crippen LogP contribution in [0.25, 0.3) is 22.6 Å². The van der Waals surface area contributed by atoms with Crippen LogP contribution in [0.2, 0.25) is 0 Å². The third-order valence-electron chi connectivity index (χ3n) is 7.65. The van der Waals surface area contributed by atoms with E-state index >= 15 is 0 Å². The molecule has 2 fully saturated rings. The highest BCUT2D eigenvalue weighted by atomic mass is 16.5. The van der Waals surface area contributed by atoms with Crippen molar-refractivity contribution in [3.8, 4) is 17.1 Å². The molecule has 6 rings (SSSR count). The molecule has 2 saturated heterocycles. The maximum absolute atomic E-state index is 12.1. The summed E-state index contributed by atoms with van der Waals surface area (Å²) in [5, 5.41) is 3.42. The second-order valence-electron chi connectivity index (χ2n) is 10.4. The number of benzene rings is 2. The van der Waals surface area contributed by atoms with Gasteiger partial charge in [0.15, 0.2) is 17.3 Å². The van der Waals surface area contributed by atoms with Crippen LogP contribution in [0.3, 0.4) is 0 Å². The number of carbonyl (C=O) groups excluding carboxylic acids is 1. The predicted octanol–water partition coefficient (Wildman–Crippen LogP) is 3.36. The molecule has 0 bridgehead atoms. The van der Waals surface area contributed by atoms with Gasteiger partial charge in [0.05, 0.1) is 12.9 Å². The first-order valence-electron chi connectivity index (χ1n) is 14.1. The van der Waals surface area contributed by atoms with Crippen molar-refractivity contribution in [2.45, 2.75) is 19.4 Å². The lowest BCUT2D eigenvalue weighted by atomic mass is 10.1. The highest BCUT2D eigenvalue weighted by Gasteiger charge is 2.21. The Balaban J connectivity index is 1.23. The fourth-order valence-corrected chi connectivity index (χ4v) is 5.27. The van der Waals surface area contributed by atoms with Gasteiger partial charge in [0.25, 0.3) is 0 Å². The Morgan fingerprint density at radius 1 is 0.925 bits per heavy atom. The smallest absolute Gasteiger partial charge is 0.222 e. The van der Waals surface area contributed by atoms with E-state index in [4.69, 9.17) is 14.7 Å². The minimum Gasteiger partial charge on any atom is -0.492 e. The zero-order valence-corrected chi connectivity index (χ0v) is 23.0. The predicted molar refractivity (Wildman–Crippen MR) is 157 cm³/mol. The number of amides is 1. The molecule has 0 spiro atoms. The maximum Gasteiger partial charge on any atom is 0.222 e. The van der Waals surface area contributed by atoms with E-state index < -0.39 is 0 Å². The molecule has 1 amide bonds. The van der Waals surface area contributed by atoms with Crippen LogP contribution in [0, 0.1) is 0 Å². The highest BCUT2D eigenvalue weighted by molar-refractivity contribution is 5.85. The maximum atomic E-state index is 12.1. The number of rotatable bonds is 10. The lowest BCUT2D eigenvalue weighted by Crippen LogP contribution is -2.44. The van der Waals surface area contributed by atoms with Crippen molar-refractivity contribution in [1.29, 1.82) is 0 Å². The number of anilines is 2. The lowest BCUT2D eigenvalue weighted by molar-refractivity contribution is -0.127. The number of aromatic nitrogens is 4. The van der Waals surface area contributed by atoms with Crippen molar-refractivity contribution in [2.24, 2.45) is 0 Å². The third-order valence-corrected chi connectivity index (χ3v) is 7.65. The number of hydrogen-bond donors (Lipinski definition) is 1. The van der Waals surface area contributed by atoms with Gasteiger partial charge < -0.3 is 29.3 Å². The second-order valence-corrected chi connectivity index (χ2v) is 10.4. The number of piperazine rings is 1. The van der Waals surface area contributed by atoms with Gasteiger partial charge in [0.2, 0.25) is 5.91 Å². The molecule has 0 aliphatic carbocycles. The normalized spacial score (nSPS) is 16.2. The average molecular weight is 541 g/mol. The standard InChI is InChI=1S/C30H36N8O2/c1-35-15-17-36(18-16-35)24-11-9-23(10-12-24)28-33-29(31-13-21-40-25-6-3-2-4-7-25)27-30(34-28)38(22-32-27)20-19-37-14-5-8-26(37)39/h2-4,6-7,9-12,22H,5,8,13-21H2,1H3,(H,31,33,34). The summed E-state index contributed by atoms with van der Waals surface area (Å²) in [6.07, 6.45) is 3.37. The van der Waals surface area contributed by atoms with Gasteiger partial charge >= 0.3 is 0 Å². The topological polar surface area (TPSA) is 91.6 Å². The minimum atomic E-state index is 0.223. The van der Waals surface area contributed by atoms with Gasteiger partial charge in [-0.3, -0.25) is 4.79 Å². The summed E-state index contributed by atoms with van der Waals surface area (Å²) in [6, 6.07) is 18.3. The van der Waals surface area contributed by atoms with E-state index in [0.29, 0.717) is 49.8 Å². The van der Waals surface area contributed by atoms with Gasteiger partial charge in [-0.2, -0.15) is 0 Å². The van der Waals surface area contributed by atoms with Gasteiger partial charge in [-0.1, -0.05) is 18.2 Å². The fraction of sp³-hybridized carbons (Fsp3) is 0.400. The Kier molecular flexibility index (Phi) is 7.76. The molecule has 10 nitrogen and oxygen atoms in total. The van der Waals surface area contributed by atoms with Crippen molar-refractivity contribution < 1.29 is 9.53 Å².